The summed E-state index contributed by atoms with van der Waals surface area (Å²) in [5, 5.41) is 6.01. The molecule has 0 radical (unpaired) electrons. The van der Waals surface area contributed by atoms with Gasteiger partial charge in [-0.15, -0.1) is 0 Å². The Morgan fingerprint density at radius 3 is 2.46 bits per heavy atom. The molecule has 0 heterocycles. The van der Waals surface area contributed by atoms with Crippen LogP contribution in [-0.2, 0) is 9.59 Å². The van der Waals surface area contributed by atoms with Crippen LogP contribution >= 0.6 is 11.6 Å². The molecule has 148 valence electrons. The van der Waals surface area contributed by atoms with Crippen LogP contribution in [0.15, 0.2) is 42.5 Å². The van der Waals surface area contributed by atoms with Gasteiger partial charge >= 0.3 is 0 Å². The van der Waals surface area contributed by atoms with E-state index in [9.17, 15) is 9.59 Å². The SMILES string of the molecule is COc1ccc(/C=C/C(=O)NCCC(=O)Nc2cc(C)c(Cl)cc2OC)cc1. The minimum atomic E-state index is -0.275. The van der Waals surface area contributed by atoms with Crippen molar-refractivity contribution in [2.75, 3.05) is 26.1 Å². The van der Waals surface area contributed by atoms with E-state index in [2.05, 4.69) is 10.6 Å². The Morgan fingerprint density at radius 1 is 1.11 bits per heavy atom. The molecule has 0 unspecified atom stereocenters. The molecule has 0 fully saturated rings. The maximum absolute atomic E-state index is 12.1. The lowest BCUT2D eigenvalue weighted by Crippen LogP contribution is -2.26. The molecule has 0 aliphatic carbocycles. The van der Waals surface area contributed by atoms with Gasteiger partial charge in [-0.25, -0.2) is 0 Å². The third-order valence-electron chi connectivity index (χ3n) is 3.95. The first kappa shape index (κ1) is 21.3. The van der Waals surface area contributed by atoms with Crippen LogP contribution in [0, 0.1) is 6.92 Å². The zero-order valence-corrected chi connectivity index (χ0v) is 16.8. The highest BCUT2D eigenvalue weighted by atomic mass is 35.5. The van der Waals surface area contributed by atoms with Gasteiger partial charge < -0.3 is 20.1 Å². The van der Waals surface area contributed by atoms with Crippen molar-refractivity contribution in [3.8, 4) is 11.5 Å². The summed E-state index contributed by atoms with van der Waals surface area (Å²) in [5.74, 6) is 0.721. The van der Waals surface area contributed by atoms with E-state index in [-0.39, 0.29) is 24.8 Å². The minimum Gasteiger partial charge on any atom is -0.497 e. The number of rotatable bonds is 8. The number of hydrogen-bond acceptors (Lipinski definition) is 4. The molecule has 2 amide bonds. The summed E-state index contributed by atoms with van der Waals surface area (Å²) in [4.78, 5) is 24.0. The van der Waals surface area contributed by atoms with Crippen LogP contribution in [0.2, 0.25) is 5.02 Å². The van der Waals surface area contributed by atoms with E-state index in [1.54, 1.807) is 25.3 Å². The number of halogens is 1. The lowest BCUT2D eigenvalue weighted by atomic mass is 10.2. The zero-order chi connectivity index (χ0) is 20.5. The topological polar surface area (TPSA) is 76.7 Å². The van der Waals surface area contributed by atoms with Crippen molar-refractivity contribution in [3.63, 3.8) is 0 Å². The number of nitrogens with one attached hydrogen (secondary N) is 2. The lowest BCUT2D eigenvalue weighted by Gasteiger charge is -2.12. The van der Waals surface area contributed by atoms with Crippen LogP contribution in [-0.4, -0.2) is 32.6 Å². The van der Waals surface area contributed by atoms with Crippen LogP contribution < -0.4 is 20.1 Å². The van der Waals surface area contributed by atoms with Crippen molar-refractivity contribution in [1.82, 2.24) is 5.32 Å². The molecule has 0 spiro atoms. The predicted molar refractivity (Wildman–Crippen MR) is 111 cm³/mol. The Hall–Kier alpha value is -2.99. The number of hydrogen-bond donors (Lipinski definition) is 2. The monoisotopic (exact) mass is 402 g/mol. The van der Waals surface area contributed by atoms with Crippen molar-refractivity contribution in [2.45, 2.75) is 13.3 Å². The van der Waals surface area contributed by atoms with E-state index in [0.29, 0.717) is 16.5 Å². The smallest absolute Gasteiger partial charge is 0.244 e. The number of aryl methyl sites for hydroxylation is 1. The van der Waals surface area contributed by atoms with Crippen molar-refractivity contribution < 1.29 is 19.1 Å². The fraction of sp³-hybridized carbons (Fsp3) is 0.238. The minimum absolute atomic E-state index is 0.132. The van der Waals surface area contributed by atoms with Gasteiger partial charge in [-0.05, 0) is 42.3 Å². The number of amides is 2. The summed E-state index contributed by atoms with van der Waals surface area (Å²) in [5.41, 5.74) is 2.24. The van der Waals surface area contributed by atoms with E-state index in [1.807, 2.05) is 31.2 Å². The Morgan fingerprint density at radius 2 is 1.82 bits per heavy atom. The third-order valence-corrected chi connectivity index (χ3v) is 4.36. The normalized spacial score (nSPS) is 10.6. The summed E-state index contributed by atoms with van der Waals surface area (Å²) < 4.78 is 10.3. The zero-order valence-electron chi connectivity index (χ0n) is 16.0. The van der Waals surface area contributed by atoms with Gasteiger partial charge in [0.2, 0.25) is 11.8 Å². The van der Waals surface area contributed by atoms with Crippen LogP contribution in [0.4, 0.5) is 5.69 Å². The molecular weight excluding hydrogens is 380 g/mol. The van der Waals surface area contributed by atoms with Crippen LogP contribution in [0.3, 0.4) is 0 Å². The summed E-state index contributed by atoms with van der Waals surface area (Å²) in [6.45, 7) is 2.05. The number of carbonyl (C=O) groups excluding carboxylic acids is 2. The van der Waals surface area contributed by atoms with Gasteiger partial charge in [0.25, 0.3) is 0 Å². The number of anilines is 1. The highest BCUT2D eigenvalue weighted by molar-refractivity contribution is 6.31. The summed E-state index contributed by atoms with van der Waals surface area (Å²) >= 11 is 6.06. The molecule has 7 heteroatoms. The van der Waals surface area contributed by atoms with Gasteiger partial charge in [-0.2, -0.15) is 0 Å². The highest BCUT2D eigenvalue weighted by Crippen LogP contribution is 2.30. The average Bonchev–Trinajstić information content (AvgIpc) is 2.69. The Bertz CT molecular complexity index is 863. The summed E-state index contributed by atoms with van der Waals surface area (Å²) in [7, 11) is 3.10. The average molecular weight is 403 g/mol. The largest absolute Gasteiger partial charge is 0.497 e. The molecule has 2 aromatic carbocycles. The van der Waals surface area contributed by atoms with Gasteiger partial charge in [0, 0.05) is 30.1 Å². The third kappa shape index (κ3) is 6.32. The van der Waals surface area contributed by atoms with Crippen molar-refractivity contribution >= 4 is 35.2 Å². The number of carbonyl (C=O) groups is 2. The standard InChI is InChI=1S/C21H23ClN2O4/c1-14-12-18(19(28-3)13-17(14)22)24-21(26)10-11-23-20(25)9-6-15-4-7-16(27-2)8-5-15/h4-9,12-13H,10-11H2,1-3H3,(H,23,25)(H,24,26)/b9-6+. The van der Waals surface area contributed by atoms with Crippen LogP contribution in [0.25, 0.3) is 6.08 Å². The second kappa shape index (κ2) is 10.4. The maximum atomic E-state index is 12.1. The first-order chi connectivity index (χ1) is 13.4. The first-order valence-corrected chi connectivity index (χ1v) is 9.04. The molecule has 2 aromatic rings. The highest BCUT2D eigenvalue weighted by Gasteiger charge is 2.10. The molecule has 0 atom stereocenters. The lowest BCUT2D eigenvalue weighted by molar-refractivity contribution is -0.117. The maximum Gasteiger partial charge on any atom is 0.244 e. The van der Waals surface area contributed by atoms with E-state index in [1.165, 1.54) is 13.2 Å². The molecular formula is C21H23ClN2O4. The van der Waals surface area contributed by atoms with Crippen molar-refractivity contribution in [1.29, 1.82) is 0 Å². The second-order valence-electron chi connectivity index (χ2n) is 6.00. The van der Waals surface area contributed by atoms with Crippen LogP contribution in [0.5, 0.6) is 11.5 Å². The molecule has 0 saturated heterocycles. The molecule has 0 aliphatic rings. The van der Waals surface area contributed by atoms with Gasteiger partial charge in [0.1, 0.15) is 11.5 Å². The number of methoxy groups -OCH3 is 2. The predicted octanol–water partition coefficient (Wildman–Crippen LogP) is 3.82. The fourth-order valence-electron chi connectivity index (χ4n) is 2.39. The molecule has 0 aromatic heterocycles. The van der Waals surface area contributed by atoms with Gasteiger partial charge in [0.15, 0.2) is 0 Å². The Balaban J connectivity index is 1.80. The Kier molecular flexibility index (Phi) is 7.89. The number of benzene rings is 2. The van der Waals surface area contributed by atoms with Gasteiger partial charge in [0.05, 0.1) is 19.9 Å². The molecule has 2 N–H and O–H groups in total. The second-order valence-corrected chi connectivity index (χ2v) is 6.40. The molecule has 0 bridgehead atoms. The van der Waals surface area contributed by atoms with Crippen molar-refractivity contribution in [2.24, 2.45) is 0 Å². The molecule has 2 rings (SSSR count). The van der Waals surface area contributed by atoms with E-state index in [4.69, 9.17) is 21.1 Å². The molecule has 28 heavy (non-hydrogen) atoms. The molecule has 0 aliphatic heterocycles. The van der Waals surface area contributed by atoms with Crippen LogP contribution in [0.1, 0.15) is 17.5 Å². The first-order valence-electron chi connectivity index (χ1n) is 8.67. The van der Waals surface area contributed by atoms with E-state index in [0.717, 1.165) is 16.9 Å². The van der Waals surface area contributed by atoms with Gasteiger partial charge in [-0.1, -0.05) is 23.7 Å². The van der Waals surface area contributed by atoms with Gasteiger partial charge in [-0.3, -0.25) is 9.59 Å². The van der Waals surface area contributed by atoms with Crippen molar-refractivity contribution in [3.05, 3.63) is 58.6 Å². The summed E-state index contributed by atoms with van der Waals surface area (Å²) in [6, 6.07) is 10.7. The quantitative estimate of drug-likeness (QED) is 0.658. The Labute approximate surface area is 169 Å². The molecule has 6 nitrogen and oxygen atoms in total. The van der Waals surface area contributed by atoms with E-state index >= 15 is 0 Å². The fourth-order valence-corrected chi connectivity index (χ4v) is 2.54. The number of ether oxygens (including phenoxy) is 2. The molecule has 0 saturated carbocycles. The van der Waals surface area contributed by atoms with E-state index < -0.39 is 0 Å². The summed E-state index contributed by atoms with van der Waals surface area (Å²) in [6.07, 6.45) is 3.24.